The summed E-state index contributed by atoms with van der Waals surface area (Å²) in [6.07, 6.45) is 12.9. The van der Waals surface area contributed by atoms with E-state index in [1.165, 1.54) is 38.4 Å². The van der Waals surface area contributed by atoms with Crippen molar-refractivity contribution in [3.05, 3.63) is 11.6 Å². The summed E-state index contributed by atoms with van der Waals surface area (Å²) < 4.78 is 0. The highest BCUT2D eigenvalue weighted by molar-refractivity contribution is 5.54. The molecule has 1 N–H and O–H groups in total. The van der Waals surface area contributed by atoms with E-state index >= 15 is 0 Å². The molecule has 25 heavy (non-hydrogen) atoms. The molecule has 4 aliphatic carbocycles. The molecule has 0 amide bonds. The fourth-order valence-electron chi connectivity index (χ4n) is 8.30. The monoisotopic (exact) mass is 344 g/mol. The molecule has 1 unspecified atom stereocenters. The number of aldehydes is 1. The molecule has 4 aliphatic rings. The maximum Gasteiger partial charge on any atom is 0.123 e. The van der Waals surface area contributed by atoms with Gasteiger partial charge in [-0.3, -0.25) is 0 Å². The van der Waals surface area contributed by atoms with E-state index in [0.29, 0.717) is 22.2 Å². The van der Waals surface area contributed by atoms with Crippen LogP contribution in [0.4, 0.5) is 0 Å². The molecule has 0 aromatic heterocycles. The Hall–Kier alpha value is -0.630. The van der Waals surface area contributed by atoms with Crippen molar-refractivity contribution in [1.29, 1.82) is 0 Å². The second kappa shape index (κ2) is 5.68. The third kappa shape index (κ3) is 2.28. The number of rotatable bonds is 2. The fraction of sp³-hybridized carbons (Fsp3) is 0.870. The lowest BCUT2D eigenvalue weighted by molar-refractivity contribution is -0.124. The van der Waals surface area contributed by atoms with E-state index in [1.807, 2.05) is 0 Å². The first-order chi connectivity index (χ1) is 11.8. The zero-order valence-corrected chi connectivity index (χ0v) is 16.6. The highest BCUT2D eigenvalue weighted by atomic mass is 16.3. The van der Waals surface area contributed by atoms with E-state index in [2.05, 4.69) is 33.8 Å². The topological polar surface area (TPSA) is 37.3 Å². The second-order valence-electron chi connectivity index (χ2n) is 10.6. The minimum Gasteiger partial charge on any atom is -0.393 e. The molecule has 0 bridgehead atoms. The smallest absolute Gasteiger partial charge is 0.123 e. The Labute approximate surface area is 153 Å². The molecule has 0 heterocycles. The number of aliphatic hydroxyl groups is 1. The van der Waals surface area contributed by atoms with Crippen molar-refractivity contribution in [3.63, 3.8) is 0 Å². The molecule has 0 spiro atoms. The van der Waals surface area contributed by atoms with E-state index in [-0.39, 0.29) is 12.0 Å². The Morgan fingerprint density at radius 2 is 1.84 bits per heavy atom. The van der Waals surface area contributed by atoms with Gasteiger partial charge >= 0.3 is 0 Å². The van der Waals surface area contributed by atoms with Crippen LogP contribution in [0.5, 0.6) is 0 Å². The quantitative estimate of drug-likeness (QED) is 0.555. The molecule has 3 fully saturated rings. The zero-order chi connectivity index (χ0) is 18.0. The van der Waals surface area contributed by atoms with Crippen LogP contribution in [0.1, 0.15) is 79.1 Å². The van der Waals surface area contributed by atoms with Crippen molar-refractivity contribution in [1.82, 2.24) is 0 Å². The van der Waals surface area contributed by atoms with Gasteiger partial charge in [-0.05, 0) is 85.4 Å². The third-order valence-electron chi connectivity index (χ3n) is 9.57. The summed E-state index contributed by atoms with van der Waals surface area (Å²) in [6, 6.07) is 0. The van der Waals surface area contributed by atoms with Gasteiger partial charge < -0.3 is 9.90 Å². The van der Waals surface area contributed by atoms with Gasteiger partial charge in [0.2, 0.25) is 0 Å². The molecule has 0 radical (unpaired) electrons. The lowest BCUT2D eigenvalue weighted by Gasteiger charge is -2.63. The molecule has 2 nitrogen and oxygen atoms in total. The highest BCUT2D eigenvalue weighted by Crippen LogP contribution is 2.71. The van der Waals surface area contributed by atoms with Crippen LogP contribution in [0, 0.1) is 39.9 Å². The van der Waals surface area contributed by atoms with Gasteiger partial charge in [-0.2, -0.15) is 0 Å². The summed E-state index contributed by atoms with van der Waals surface area (Å²) in [6.45, 7) is 9.71. The van der Waals surface area contributed by atoms with Gasteiger partial charge in [-0.1, -0.05) is 39.3 Å². The van der Waals surface area contributed by atoms with Gasteiger partial charge in [0.1, 0.15) is 6.29 Å². The van der Waals surface area contributed by atoms with Crippen molar-refractivity contribution in [2.24, 2.45) is 39.9 Å². The van der Waals surface area contributed by atoms with Crippen LogP contribution in [0.15, 0.2) is 11.6 Å². The third-order valence-corrected chi connectivity index (χ3v) is 9.57. The summed E-state index contributed by atoms with van der Waals surface area (Å²) in [4.78, 5) is 11.5. The van der Waals surface area contributed by atoms with E-state index in [1.54, 1.807) is 5.57 Å². The maximum absolute atomic E-state index is 11.5. The number of hydrogen-bond donors (Lipinski definition) is 1. The van der Waals surface area contributed by atoms with Crippen LogP contribution < -0.4 is 0 Å². The molecule has 0 saturated heterocycles. The summed E-state index contributed by atoms with van der Waals surface area (Å²) in [5.41, 5.74) is 2.54. The van der Waals surface area contributed by atoms with Gasteiger partial charge in [0.25, 0.3) is 0 Å². The predicted octanol–water partition coefficient (Wildman–Crippen LogP) is 5.15. The number of aliphatic hydroxyl groups excluding tert-OH is 1. The SMILES string of the molecule is C[C@H](C=O)[C@H]1CC[C@@H]2[C@]1(C)CC[C@@H]1C3(C)CC[C@H](O)CC3=CC[C@@]21C. The molecule has 0 aliphatic heterocycles. The van der Waals surface area contributed by atoms with Crippen molar-refractivity contribution in [2.75, 3.05) is 0 Å². The highest BCUT2D eigenvalue weighted by Gasteiger charge is 2.63. The predicted molar refractivity (Wildman–Crippen MR) is 101 cm³/mol. The number of allylic oxidation sites excluding steroid dienone is 1. The lowest BCUT2D eigenvalue weighted by atomic mass is 9.41. The molecule has 0 aromatic carbocycles. The molecule has 3 saturated carbocycles. The first-order valence-corrected chi connectivity index (χ1v) is 10.6. The van der Waals surface area contributed by atoms with Crippen molar-refractivity contribution >= 4 is 6.29 Å². The van der Waals surface area contributed by atoms with E-state index < -0.39 is 0 Å². The maximum atomic E-state index is 11.5. The van der Waals surface area contributed by atoms with Gasteiger partial charge in [0.15, 0.2) is 0 Å². The zero-order valence-electron chi connectivity index (χ0n) is 16.6. The Kier molecular flexibility index (Phi) is 4.04. The van der Waals surface area contributed by atoms with Gasteiger partial charge in [-0.25, -0.2) is 0 Å². The molecule has 140 valence electrons. The molecular formula is C23H36O2. The van der Waals surface area contributed by atoms with Crippen LogP contribution in [-0.2, 0) is 4.79 Å². The largest absolute Gasteiger partial charge is 0.393 e. The van der Waals surface area contributed by atoms with Crippen LogP contribution in [0.3, 0.4) is 0 Å². The van der Waals surface area contributed by atoms with Gasteiger partial charge in [0.05, 0.1) is 6.10 Å². The van der Waals surface area contributed by atoms with Crippen molar-refractivity contribution < 1.29 is 9.90 Å². The number of hydrogen-bond acceptors (Lipinski definition) is 2. The van der Waals surface area contributed by atoms with Crippen LogP contribution in [-0.4, -0.2) is 17.5 Å². The Balaban J connectivity index is 1.71. The lowest BCUT2D eigenvalue weighted by Crippen LogP contribution is -2.56. The average molecular weight is 345 g/mol. The molecule has 4 rings (SSSR count). The van der Waals surface area contributed by atoms with Crippen molar-refractivity contribution in [3.8, 4) is 0 Å². The Morgan fingerprint density at radius 3 is 2.56 bits per heavy atom. The minimum atomic E-state index is -0.123. The summed E-state index contributed by atoms with van der Waals surface area (Å²) in [5.74, 6) is 2.26. The first-order valence-electron chi connectivity index (χ1n) is 10.6. The average Bonchev–Trinajstić information content (AvgIpc) is 2.93. The molecule has 2 heteroatoms. The summed E-state index contributed by atoms with van der Waals surface area (Å²) in [5, 5.41) is 10.2. The van der Waals surface area contributed by atoms with Crippen LogP contribution in [0.2, 0.25) is 0 Å². The molecule has 0 aromatic rings. The Morgan fingerprint density at radius 1 is 1.08 bits per heavy atom. The fourth-order valence-corrected chi connectivity index (χ4v) is 8.30. The van der Waals surface area contributed by atoms with E-state index in [9.17, 15) is 9.90 Å². The van der Waals surface area contributed by atoms with Gasteiger partial charge in [-0.15, -0.1) is 0 Å². The standard InChI is InChI=1S/C23H36O2/c1-15(14-24)18-5-6-19-22(18,3)12-9-20-21(2)11-8-17(25)13-16(21)7-10-23(19,20)4/h7,14-15,17-20,25H,5-6,8-13H2,1-4H3/t15-,17+,18-,19-,20-,21?,22-,23+/m1/s1. The van der Waals surface area contributed by atoms with E-state index in [0.717, 1.165) is 31.1 Å². The summed E-state index contributed by atoms with van der Waals surface area (Å²) >= 11 is 0. The molecule has 8 atom stereocenters. The van der Waals surface area contributed by atoms with Crippen LogP contribution >= 0.6 is 0 Å². The first kappa shape index (κ1) is 17.8. The number of carbonyl (C=O) groups is 1. The second-order valence-corrected chi connectivity index (χ2v) is 10.6. The van der Waals surface area contributed by atoms with Crippen LogP contribution in [0.25, 0.3) is 0 Å². The number of fused-ring (bicyclic) bond motifs is 5. The van der Waals surface area contributed by atoms with E-state index in [4.69, 9.17) is 0 Å². The normalized spacial score (nSPS) is 53.2. The van der Waals surface area contributed by atoms with Gasteiger partial charge in [0, 0.05) is 5.92 Å². The molecular weight excluding hydrogens is 308 g/mol. The van der Waals surface area contributed by atoms with Crippen molar-refractivity contribution in [2.45, 2.75) is 85.2 Å². The minimum absolute atomic E-state index is 0.123. The summed E-state index contributed by atoms with van der Waals surface area (Å²) in [7, 11) is 0. The Bertz CT molecular complexity index is 595. The number of carbonyl (C=O) groups excluding carboxylic acids is 1.